The summed E-state index contributed by atoms with van der Waals surface area (Å²) in [7, 11) is 2.77. The minimum Gasteiger partial charge on any atom is -0.243 e. The Kier molecular flexibility index (Phi) is 3.86. The van der Waals surface area contributed by atoms with Crippen LogP contribution in [0.3, 0.4) is 0 Å². The monoisotopic (exact) mass is 108 g/mol. The van der Waals surface area contributed by atoms with Crippen molar-refractivity contribution >= 4 is 0 Å². The number of hydrazine groups is 1. The lowest BCUT2D eigenvalue weighted by Crippen LogP contribution is -2.25. The summed E-state index contributed by atoms with van der Waals surface area (Å²) in [4.78, 5) is 8.09. The largest absolute Gasteiger partial charge is 0.243 e. The van der Waals surface area contributed by atoms with Gasteiger partial charge >= 0.3 is 0 Å². The summed E-state index contributed by atoms with van der Waals surface area (Å²) in [6, 6.07) is 0. The van der Waals surface area contributed by atoms with Gasteiger partial charge in [0, 0.05) is 7.05 Å². The van der Waals surface area contributed by atoms with Crippen LogP contribution in [0.5, 0.6) is 0 Å². The van der Waals surface area contributed by atoms with Gasteiger partial charge < -0.3 is 0 Å². The Labute approximate surface area is 41.3 Å². The zero-order chi connectivity index (χ0) is 5.70. The van der Waals surface area contributed by atoms with Crippen molar-refractivity contribution < 1.29 is 14.9 Å². The fraction of sp³-hybridized carbons (Fsp3) is 1.00. The van der Waals surface area contributed by atoms with E-state index in [1.165, 1.54) is 14.2 Å². The molecule has 0 saturated heterocycles. The van der Waals surface area contributed by atoms with Crippen molar-refractivity contribution in [1.82, 2.24) is 5.17 Å². The van der Waals surface area contributed by atoms with Gasteiger partial charge in [-0.05, 0) is 5.04 Å². The lowest BCUT2D eigenvalue weighted by molar-refractivity contribution is -0.571. The first-order chi connectivity index (χ1) is 3.27. The van der Waals surface area contributed by atoms with Crippen LogP contribution in [0.25, 0.3) is 0 Å². The maximum absolute atomic E-state index is 4.88. The molecule has 0 radical (unpaired) electrons. The summed E-state index contributed by atoms with van der Waals surface area (Å²) in [5.41, 5.74) is 0. The fourth-order valence-electron chi connectivity index (χ4n) is 0.0784. The van der Waals surface area contributed by atoms with Crippen molar-refractivity contribution in [3.05, 3.63) is 0 Å². The first kappa shape index (κ1) is 6.80. The van der Waals surface area contributed by atoms with Gasteiger partial charge in [0.2, 0.25) is 0 Å². The van der Waals surface area contributed by atoms with Crippen molar-refractivity contribution in [2.45, 2.75) is 0 Å². The van der Waals surface area contributed by atoms with E-state index in [1.54, 1.807) is 0 Å². The molecule has 0 aromatic rings. The van der Waals surface area contributed by atoms with Crippen LogP contribution in [-0.4, -0.2) is 19.3 Å². The summed E-state index contributed by atoms with van der Waals surface area (Å²) < 4.78 is 0. The van der Waals surface area contributed by atoms with E-state index in [2.05, 4.69) is 14.9 Å². The van der Waals surface area contributed by atoms with E-state index in [9.17, 15) is 0 Å². The van der Waals surface area contributed by atoms with Crippen LogP contribution in [0.4, 0.5) is 0 Å². The highest BCUT2D eigenvalue weighted by atomic mass is 17.5. The van der Waals surface area contributed by atoms with Crippen LogP contribution in [-0.2, 0) is 14.9 Å². The molecule has 0 aromatic heterocycles. The van der Waals surface area contributed by atoms with Crippen molar-refractivity contribution in [3.8, 4) is 0 Å². The Bertz CT molecular complexity index is 39.9. The van der Waals surface area contributed by atoms with E-state index in [4.69, 9.17) is 5.84 Å². The normalized spacial score (nSPS) is 10.3. The van der Waals surface area contributed by atoms with Gasteiger partial charge in [0.05, 0.1) is 7.11 Å². The van der Waals surface area contributed by atoms with E-state index in [1.807, 2.05) is 0 Å². The van der Waals surface area contributed by atoms with Gasteiger partial charge in [-0.15, -0.1) is 0 Å². The van der Waals surface area contributed by atoms with Crippen molar-refractivity contribution in [1.29, 1.82) is 0 Å². The van der Waals surface area contributed by atoms with E-state index in [0.29, 0.717) is 0 Å². The van der Waals surface area contributed by atoms with Crippen molar-refractivity contribution in [2.24, 2.45) is 5.84 Å². The van der Waals surface area contributed by atoms with Gasteiger partial charge in [-0.1, -0.05) is 10.2 Å². The van der Waals surface area contributed by atoms with Crippen LogP contribution in [0.2, 0.25) is 0 Å². The van der Waals surface area contributed by atoms with Gasteiger partial charge in [0.25, 0.3) is 0 Å². The van der Waals surface area contributed by atoms with Gasteiger partial charge in [0.15, 0.2) is 0 Å². The standard InChI is InChI=1S/C2H8N2O3/c1-4(3)6-7-5-2/h3H2,1-2H3. The number of hydrogen-bond acceptors (Lipinski definition) is 5. The molecular weight excluding hydrogens is 100 g/mol. The molecule has 5 heteroatoms. The first-order valence-corrected chi connectivity index (χ1v) is 1.63. The Morgan fingerprint density at radius 3 is 2.29 bits per heavy atom. The van der Waals surface area contributed by atoms with E-state index in [0.717, 1.165) is 5.17 Å². The Morgan fingerprint density at radius 1 is 1.57 bits per heavy atom. The molecule has 0 saturated carbocycles. The molecule has 0 amide bonds. The third kappa shape index (κ3) is 5.80. The molecule has 0 bridgehead atoms. The predicted molar refractivity (Wildman–Crippen MR) is 21.1 cm³/mol. The number of hydroxylamine groups is 1. The van der Waals surface area contributed by atoms with Crippen LogP contribution in [0.15, 0.2) is 0 Å². The number of nitrogens with two attached hydrogens (primary N) is 1. The topological polar surface area (TPSA) is 57.0 Å². The quantitative estimate of drug-likeness (QED) is 0.292. The zero-order valence-electron chi connectivity index (χ0n) is 4.25. The highest BCUT2D eigenvalue weighted by Crippen LogP contribution is 1.74. The molecule has 0 aliphatic heterocycles. The molecule has 0 aliphatic carbocycles. The van der Waals surface area contributed by atoms with E-state index in [-0.39, 0.29) is 0 Å². The Balaban J connectivity index is 2.68. The molecule has 0 rings (SSSR count). The zero-order valence-corrected chi connectivity index (χ0v) is 4.25. The summed E-state index contributed by atoms with van der Waals surface area (Å²) in [5, 5.41) is 4.76. The minimum absolute atomic E-state index is 0.865. The maximum atomic E-state index is 4.88. The molecule has 0 atom stereocenters. The molecule has 0 unspecified atom stereocenters. The minimum atomic E-state index is 0.865. The summed E-state index contributed by atoms with van der Waals surface area (Å²) in [6.45, 7) is 0. The summed E-state index contributed by atoms with van der Waals surface area (Å²) >= 11 is 0. The van der Waals surface area contributed by atoms with Gasteiger partial charge in [-0.25, -0.2) is 10.7 Å². The van der Waals surface area contributed by atoms with Gasteiger partial charge in [0.1, 0.15) is 0 Å². The lowest BCUT2D eigenvalue weighted by Gasteiger charge is -2.03. The summed E-state index contributed by atoms with van der Waals surface area (Å²) in [6.07, 6.45) is 0. The van der Waals surface area contributed by atoms with Crippen LogP contribution in [0, 0.1) is 0 Å². The molecule has 5 nitrogen and oxygen atoms in total. The number of hydrogen-bond donors (Lipinski definition) is 1. The molecule has 7 heavy (non-hydrogen) atoms. The van der Waals surface area contributed by atoms with Crippen LogP contribution in [0.1, 0.15) is 0 Å². The van der Waals surface area contributed by atoms with E-state index >= 15 is 0 Å². The molecule has 0 aliphatic rings. The Hall–Kier alpha value is -0.200. The third-order valence-electron chi connectivity index (χ3n) is 0.216. The molecule has 2 N–H and O–H groups in total. The first-order valence-electron chi connectivity index (χ1n) is 1.63. The second-order valence-corrected chi connectivity index (χ2v) is 0.855. The van der Waals surface area contributed by atoms with Crippen molar-refractivity contribution in [2.75, 3.05) is 14.2 Å². The smallest absolute Gasteiger partial charge is 0.0745 e. The summed E-state index contributed by atoms with van der Waals surface area (Å²) in [5.74, 6) is 4.88. The van der Waals surface area contributed by atoms with Crippen molar-refractivity contribution in [3.63, 3.8) is 0 Å². The molecule has 0 spiro atoms. The second-order valence-electron chi connectivity index (χ2n) is 0.855. The Morgan fingerprint density at radius 2 is 2.14 bits per heavy atom. The third-order valence-corrected chi connectivity index (χ3v) is 0.216. The van der Waals surface area contributed by atoms with E-state index < -0.39 is 0 Å². The molecule has 0 aromatic carbocycles. The van der Waals surface area contributed by atoms with Gasteiger partial charge in [-0.2, -0.15) is 0 Å². The maximum Gasteiger partial charge on any atom is 0.0745 e. The average molecular weight is 108 g/mol. The highest BCUT2D eigenvalue weighted by Gasteiger charge is 1.84. The average Bonchev–Trinajstić information content (AvgIpc) is 1.61. The predicted octanol–water partition coefficient (Wildman–Crippen LogP) is -0.784. The van der Waals surface area contributed by atoms with Crippen LogP contribution >= 0.6 is 0 Å². The second kappa shape index (κ2) is 3.97. The molecule has 0 heterocycles. The van der Waals surface area contributed by atoms with Gasteiger partial charge in [-0.3, -0.25) is 0 Å². The fourth-order valence-corrected chi connectivity index (χ4v) is 0.0784. The highest BCUT2D eigenvalue weighted by molar-refractivity contribution is 3.84. The lowest BCUT2D eigenvalue weighted by atomic mass is 11.5. The van der Waals surface area contributed by atoms with Crippen LogP contribution < -0.4 is 5.84 Å². The number of nitrogens with zero attached hydrogens (tertiary/aromatic N) is 1. The molecular formula is C2H8N2O3. The molecule has 0 fully saturated rings. The SMILES string of the molecule is COOON(C)N. The molecule has 44 valence electrons. The number of rotatable bonds is 3.